The van der Waals surface area contributed by atoms with Crippen LogP contribution in [0.2, 0.25) is 0 Å². The van der Waals surface area contributed by atoms with E-state index in [0.29, 0.717) is 16.1 Å². The first-order chi connectivity index (χ1) is 15.7. The standard InChI is InChI=1S/C26H24FNO4S/c1-16-12-17(2)25(18(3)13-16)22(29)14-32-26(31)21-6-4-5-7-23(21)33-15-24(30)28-20-10-8-19(27)9-11-20/h4-13H,14-15H2,1-3H3,(H,28,30). The number of anilines is 1. The van der Waals surface area contributed by atoms with Gasteiger partial charge in [-0.1, -0.05) is 29.8 Å². The van der Waals surface area contributed by atoms with Gasteiger partial charge in [0.15, 0.2) is 6.61 Å². The summed E-state index contributed by atoms with van der Waals surface area (Å²) in [6.07, 6.45) is 0. The predicted molar refractivity (Wildman–Crippen MR) is 127 cm³/mol. The Kier molecular flexibility index (Phi) is 8.01. The summed E-state index contributed by atoms with van der Waals surface area (Å²) < 4.78 is 18.3. The van der Waals surface area contributed by atoms with Crippen molar-refractivity contribution in [3.8, 4) is 0 Å². The molecule has 0 atom stereocenters. The summed E-state index contributed by atoms with van der Waals surface area (Å²) in [7, 11) is 0. The molecule has 3 aromatic carbocycles. The lowest BCUT2D eigenvalue weighted by molar-refractivity contribution is -0.113. The van der Waals surface area contributed by atoms with E-state index in [1.165, 1.54) is 36.0 Å². The van der Waals surface area contributed by atoms with E-state index in [4.69, 9.17) is 4.74 Å². The molecule has 1 N–H and O–H groups in total. The average Bonchev–Trinajstić information content (AvgIpc) is 2.77. The van der Waals surface area contributed by atoms with E-state index in [1.807, 2.05) is 32.9 Å². The fraction of sp³-hybridized carbons (Fsp3) is 0.192. The third kappa shape index (κ3) is 6.52. The third-order valence-electron chi connectivity index (χ3n) is 4.88. The summed E-state index contributed by atoms with van der Waals surface area (Å²) in [5.41, 5.74) is 4.08. The van der Waals surface area contributed by atoms with Gasteiger partial charge >= 0.3 is 5.97 Å². The Bertz CT molecular complexity index is 1170. The number of amides is 1. The molecule has 0 spiro atoms. The lowest BCUT2D eigenvalue weighted by atomic mass is 9.97. The molecule has 3 rings (SSSR count). The first-order valence-electron chi connectivity index (χ1n) is 10.3. The van der Waals surface area contributed by atoms with Gasteiger partial charge in [-0.25, -0.2) is 9.18 Å². The zero-order chi connectivity index (χ0) is 24.0. The number of nitrogens with one attached hydrogen (secondary N) is 1. The molecule has 0 aliphatic heterocycles. The molecule has 170 valence electrons. The van der Waals surface area contributed by atoms with Crippen molar-refractivity contribution in [3.63, 3.8) is 0 Å². The number of halogens is 1. The van der Waals surface area contributed by atoms with Gasteiger partial charge in [0.2, 0.25) is 11.7 Å². The molecule has 0 bridgehead atoms. The van der Waals surface area contributed by atoms with Crippen LogP contribution in [0.25, 0.3) is 0 Å². The molecule has 0 saturated heterocycles. The van der Waals surface area contributed by atoms with Crippen LogP contribution in [-0.4, -0.2) is 30.0 Å². The summed E-state index contributed by atoms with van der Waals surface area (Å²) in [5.74, 6) is -1.53. The lowest BCUT2D eigenvalue weighted by Gasteiger charge is -2.12. The van der Waals surface area contributed by atoms with Crippen LogP contribution in [0.4, 0.5) is 10.1 Å². The molecule has 0 heterocycles. The zero-order valence-corrected chi connectivity index (χ0v) is 19.4. The van der Waals surface area contributed by atoms with E-state index in [0.717, 1.165) is 16.7 Å². The Morgan fingerprint density at radius 3 is 2.24 bits per heavy atom. The number of ketones is 1. The zero-order valence-electron chi connectivity index (χ0n) is 18.6. The SMILES string of the molecule is Cc1cc(C)c(C(=O)COC(=O)c2ccccc2SCC(=O)Nc2ccc(F)cc2)c(C)c1. The van der Waals surface area contributed by atoms with Gasteiger partial charge in [-0.2, -0.15) is 0 Å². The molecule has 33 heavy (non-hydrogen) atoms. The second kappa shape index (κ2) is 10.9. The minimum absolute atomic E-state index is 0.0440. The summed E-state index contributed by atoms with van der Waals surface area (Å²) in [6, 6.07) is 16.0. The molecule has 3 aromatic rings. The summed E-state index contributed by atoms with van der Waals surface area (Å²) in [4.78, 5) is 38.1. The van der Waals surface area contributed by atoms with Crippen molar-refractivity contribution in [1.29, 1.82) is 0 Å². The first kappa shape index (κ1) is 24.2. The smallest absolute Gasteiger partial charge is 0.339 e. The monoisotopic (exact) mass is 465 g/mol. The van der Waals surface area contributed by atoms with Crippen molar-refractivity contribution in [3.05, 3.63) is 94.3 Å². The van der Waals surface area contributed by atoms with Gasteiger partial charge in [-0.3, -0.25) is 9.59 Å². The minimum atomic E-state index is -0.632. The predicted octanol–water partition coefficient (Wildman–Crippen LogP) is 5.52. The quantitative estimate of drug-likeness (QED) is 0.269. The van der Waals surface area contributed by atoms with E-state index < -0.39 is 5.97 Å². The third-order valence-corrected chi connectivity index (χ3v) is 5.96. The molecule has 0 saturated carbocycles. The highest BCUT2D eigenvalue weighted by Gasteiger charge is 2.18. The fourth-order valence-electron chi connectivity index (χ4n) is 3.54. The number of hydrogen-bond donors (Lipinski definition) is 1. The molecule has 5 nitrogen and oxygen atoms in total. The fourth-order valence-corrected chi connectivity index (χ4v) is 4.38. The van der Waals surface area contributed by atoms with Gasteiger partial charge in [0.05, 0.1) is 11.3 Å². The highest BCUT2D eigenvalue weighted by atomic mass is 32.2. The van der Waals surface area contributed by atoms with E-state index >= 15 is 0 Å². The normalized spacial score (nSPS) is 10.5. The van der Waals surface area contributed by atoms with Crippen molar-refractivity contribution in [2.75, 3.05) is 17.7 Å². The first-order valence-corrected chi connectivity index (χ1v) is 11.3. The van der Waals surface area contributed by atoms with Crippen LogP contribution in [0.1, 0.15) is 37.4 Å². The van der Waals surface area contributed by atoms with E-state index in [9.17, 15) is 18.8 Å². The molecule has 7 heteroatoms. The Morgan fingerprint density at radius 2 is 1.58 bits per heavy atom. The number of esters is 1. The van der Waals surface area contributed by atoms with Crippen LogP contribution in [0.15, 0.2) is 65.6 Å². The molecular formula is C26H24FNO4S. The molecule has 0 radical (unpaired) electrons. The number of carbonyl (C=O) groups excluding carboxylic acids is 3. The Morgan fingerprint density at radius 1 is 0.939 bits per heavy atom. The van der Waals surface area contributed by atoms with Crippen LogP contribution in [0, 0.1) is 26.6 Å². The van der Waals surface area contributed by atoms with Crippen LogP contribution in [0.3, 0.4) is 0 Å². The minimum Gasteiger partial charge on any atom is -0.454 e. The Hall–Kier alpha value is -3.45. The molecule has 0 aliphatic rings. The van der Waals surface area contributed by atoms with Crippen molar-refractivity contribution in [1.82, 2.24) is 0 Å². The van der Waals surface area contributed by atoms with Gasteiger partial charge in [-0.15, -0.1) is 11.8 Å². The summed E-state index contributed by atoms with van der Waals surface area (Å²) in [6.45, 7) is 5.31. The maximum Gasteiger partial charge on any atom is 0.339 e. The lowest BCUT2D eigenvalue weighted by Crippen LogP contribution is -2.17. The molecule has 0 unspecified atom stereocenters. The number of thioether (sulfide) groups is 1. The van der Waals surface area contributed by atoms with Crippen molar-refractivity contribution < 1.29 is 23.5 Å². The molecular weight excluding hydrogens is 441 g/mol. The topological polar surface area (TPSA) is 72.5 Å². The molecule has 0 aliphatic carbocycles. The highest BCUT2D eigenvalue weighted by molar-refractivity contribution is 8.00. The van der Waals surface area contributed by atoms with Crippen LogP contribution < -0.4 is 5.32 Å². The van der Waals surface area contributed by atoms with Crippen LogP contribution >= 0.6 is 11.8 Å². The van der Waals surface area contributed by atoms with Gasteiger partial charge in [0.1, 0.15) is 5.82 Å². The van der Waals surface area contributed by atoms with E-state index in [2.05, 4.69) is 5.32 Å². The van der Waals surface area contributed by atoms with Gasteiger partial charge < -0.3 is 10.1 Å². The molecule has 0 aromatic heterocycles. The Balaban J connectivity index is 1.61. The van der Waals surface area contributed by atoms with E-state index in [1.54, 1.807) is 24.3 Å². The van der Waals surface area contributed by atoms with Gasteiger partial charge in [0, 0.05) is 16.1 Å². The number of hydrogen-bond acceptors (Lipinski definition) is 5. The number of rotatable bonds is 8. The Labute approximate surface area is 196 Å². The maximum atomic E-state index is 13.0. The largest absolute Gasteiger partial charge is 0.454 e. The number of ether oxygens (including phenoxy) is 1. The van der Waals surface area contributed by atoms with Gasteiger partial charge in [0.25, 0.3) is 0 Å². The second-order valence-electron chi connectivity index (χ2n) is 7.61. The average molecular weight is 466 g/mol. The van der Waals surface area contributed by atoms with Crippen LogP contribution in [0.5, 0.6) is 0 Å². The number of aryl methyl sites for hydroxylation is 3. The van der Waals surface area contributed by atoms with Crippen molar-refractivity contribution in [2.45, 2.75) is 25.7 Å². The summed E-state index contributed by atoms with van der Waals surface area (Å²) >= 11 is 1.17. The molecule has 1 amide bonds. The highest BCUT2D eigenvalue weighted by Crippen LogP contribution is 2.24. The van der Waals surface area contributed by atoms with E-state index in [-0.39, 0.29) is 35.4 Å². The number of Topliss-reactive ketones (excluding diaryl/α,β-unsaturated/α-hetero) is 1. The number of carbonyl (C=O) groups is 3. The number of benzene rings is 3. The maximum absolute atomic E-state index is 13.0. The van der Waals surface area contributed by atoms with Crippen LogP contribution in [-0.2, 0) is 9.53 Å². The van der Waals surface area contributed by atoms with Gasteiger partial charge in [-0.05, 0) is 68.3 Å². The second-order valence-corrected chi connectivity index (χ2v) is 8.63. The van der Waals surface area contributed by atoms with Crippen molar-refractivity contribution >= 4 is 35.1 Å². The summed E-state index contributed by atoms with van der Waals surface area (Å²) in [5, 5.41) is 2.67. The van der Waals surface area contributed by atoms with Crippen molar-refractivity contribution in [2.24, 2.45) is 0 Å². The molecule has 0 fully saturated rings.